The average Bonchev–Trinajstić information content (AvgIpc) is 3.20. The highest BCUT2D eigenvalue weighted by Gasteiger charge is 2.45. The van der Waals surface area contributed by atoms with Crippen molar-refractivity contribution < 1.29 is 4.74 Å². The number of hydrogen-bond donors (Lipinski definition) is 1. The first-order valence-electron chi connectivity index (χ1n) is 7.34. The summed E-state index contributed by atoms with van der Waals surface area (Å²) in [6.07, 6.45) is 7.78. The van der Waals surface area contributed by atoms with Gasteiger partial charge in [-0.25, -0.2) is 0 Å². The van der Waals surface area contributed by atoms with Crippen LogP contribution < -0.4 is 5.73 Å². The molecule has 1 heterocycles. The van der Waals surface area contributed by atoms with Crippen LogP contribution >= 0.6 is 0 Å². The molecule has 0 aromatic rings. The Bertz CT molecular complexity index is 242. The van der Waals surface area contributed by atoms with Crippen LogP contribution in [0.15, 0.2) is 0 Å². The van der Waals surface area contributed by atoms with E-state index in [1.807, 2.05) is 0 Å². The van der Waals surface area contributed by atoms with Crippen molar-refractivity contribution in [3.05, 3.63) is 0 Å². The number of hydrogen-bond acceptors (Lipinski definition) is 3. The second kappa shape index (κ2) is 5.68. The van der Waals surface area contributed by atoms with Gasteiger partial charge in [-0.2, -0.15) is 0 Å². The molecule has 0 aromatic carbocycles. The molecule has 1 aliphatic carbocycles. The first-order chi connectivity index (χ1) is 8.25. The third kappa shape index (κ3) is 2.83. The molecular formula is C14H28N2O. The normalized spacial score (nSPS) is 34.2. The lowest BCUT2D eigenvalue weighted by Crippen LogP contribution is -2.59. The zero-order valence-electron chi connectivity index (χ0n) is 11.5. The van der Waals surface area contributed by atoms with Gasteiger partial charge in [-0.3, -0.25) is 4.90 Å². The summed E-state index contributed by atoms with van der Waals surface area (Å²) >= 11 is 0. The fraction of sp³-hybridized carbons (Fsp3) is 1.00. The summed E-state index contributed by atoms with van der Waals surface area (Å²) in [5, 5.41) is 0. The molecule has 2 rings (SSSR count). The molecule has 0 bridgehead atoms. The van der Waals surface area contributed by atoms with Gasteiger partial charge in [-0.15, -0.1) is 0 Å². The minimum absolute atomic E-state index is 0.232. The van der Waals surface area contributed by atoms with Crippen LogP contribution in [0.1, 0.15) is 52.4 Å². The summed E-state index contributed by atoms with van der Waals surface area (Å²) in [5.74, 6) is 0. The SMILES string of the molecule is CCCN(C1CC1)C1(CN)CCOC(CC)C1. The molecule has 3 nitrogen and oxygen atoms in total. The standard InChI is InChI=1S/C14H28N2O/c1-3-8-16(12-5-6-12)14(11-15)7-9-17-13(4-2)10-14/h12-13H,3-11,15H2,1-2H3. The lowest BCUT2D eigenvalue weighted by Gasteiger charge is -2.48. The lowest BCUT2D eigenvalue weighted by molar-refractivity contribution is -0.0749. The van der Waals surface area contributed by atoms with Gasteiger partial charge in [-0.1, -0.05) is 13.8 Å². The molecule has 0 spiro atoms. The number of nitrogens with two attached hydrogens (primary N) is 1. The topological polar surface area (TPSA) is 38.5 Å². The van der Waals surface area contributed by atoms with Crippen LogP contribution in [-0.2, 0) is 4.74 Å². The fourth-order valence-electron chi connectivity index (χ4n) is 3.26. The van der Waals surface area contributed by atoms with E-state index in [0.29, 0.717) is 6.10 Å². The first-order valence-corrected chi connectivity index (χ1v) is 7.34. The second-order valence-corrected chi connectivity index (χ2v) is 5.71. The van der Waals surface area contributed by atoms with Crippen molar-refractivity contribution in [1.29, 1.82) is 0 Å². The van der Waals surface area contributed by atoms with Gasteiger partial charge in [0.15, 0.2) is 0 Å². The molecule has 3 heteroatoms. The smallest absolute Gasteiger partial charge is 0.0590 e. The molecule has 0 radical (unpaired) electrons. The molecule has 1 aliphatic heterocycles. The zero-order chi connectivity index (χ0) is 12.3. The van der Waals surface area contributed by atoms with Crippen LogP contribution in [0.2, 0.25) is 0 Å². The highest BCUT2D eigenvalue weighted by atomic mass is 16.5. The summed E-state index contributed by atoms with van der Waals surface area (Å²) in [6, 6.07) is 0.814. The molecule has 17 heavy (non-hydrogen) atoms. The van der Waals surface area contributed by atoms with E-state index in [1.165, 1.54) is 25.8 Å². The fourth-order valence-corrected chi connectivity index (χ4v) is 3.26. The van der Waals surface area contributed by atoms with E-state index in [2.05, 4.69) is 18.7 Å². The predicted octanol–water partition coefficient (Wildman–Crippen LogP) is 2.15. The Kier molecular flexibility index (Phi) is 4.45. The van der Waals surface area contributed by atoms with Gasteiger partial charge in [0.05, 0.1) is 6.10 Å². The van der Waals surface area contributed by atoms with Crippen LogP contribution in [0.5, 0.6) is 0 Å². The van der Waals surface area contributed by atoms with E-state index in [9.17, 15) is 0 Å². The van der Waals surface area contributed by atoms with Crippen molar-refractivity contribution in [2.75, 3.05) is 19.7 Å². The van der Waals surface area contributed by atoms with Gasteiger partial charge in [-0.05, 0) is 45.1 Å². The highest BCUT2D eigenvalue weighted by Crippen LogP contribution is 2.39. The van der Waals surface area contributed by atoms with Gasteiger partial charge in [0.2, 0.25) is 0 Å². The van der Waals surface area contributed by atoms with Gasteiger partial charge < -0.3 is 10.5 Å². The number of ether oxygens (including phenoxy) is 1. The van der Waals surface area contributed by atoms with Crippen molar-refractivity contribution in [1.82, 2.24) is 4.90 Å². The van der Waals surface area contributed by atoms with Crippen LogP contribution in [0.3, 0.4) is 0 Å². The third-order valence-corrected chi connectivity index (χ3v) is 4.43. The van der Waals surface area contributed by atoms with Crippen molar-refractivity contribution in [2.45, 2.75) is 70.1 Å². The maximum absolute atomic E-state index is 6.15. The molecule has 2 N–H and O–H groups in total. The Morgan fingerprint density at radius 2 is 2.12 bits per heavy atom. The summed E-state index contributed by atoms with van der Waals surface area (Å²) in [7, 11) is 0. The lowest BCUT2D eigenvalue weighted by atomic mass is 9.83. The largest absolute Gasteiger partial charge is 0.378 e. The van der Waals surface area contributed by atoms with Crippen LogP contribution in [0.25, 0.3) is 0 Å². The Labute approximate surface area is 106 Å². The summed E-state index contributed by atoms with van der Waals surface area (Å²) < 4.78 is 5.83. The Morgan fingerprint density at radius 3 is 2.65 bits per heavy atom. The van der Waals surface area contributed by atoms with Crippen molar-refractivity contribution in [3.8, 4) is 0 Å². The van der Waals surface area contributed by atoms with Gasteiger partial charge in [0.25, 0.3) is 0 Å². The Hall–Kier alpha value is -0.120. The predicted molar refractivity (Wildman–Crippen MR) is 71.1 cm³/mol. The number of nitrogens with zero attached hydrogens (tertiary/aromatic N) is 1. The van der Waals surface area contributed by atoms with Crippen molar-refractivity contribution in [2.24, 2.45) is 5.73 Å². The summed E-state index contributed by atoms with van der Waals surface area (Å²) in [4.78, 5) is 2.72. The minimum Gasteiger partial charge on any atom is -0.378 e. The maximum Gasteiger partial charge on any atom is 0.0590 e. The molecule has 0 aromatic heterocycles. The van der Waals surface area contributed by atoms with Crippen molar-refractivity contribution >= 4 is 0 Å². The minimum atomic E-state index is 0.232. The molecule has 2 unspecified atom stereocenters. The van der Waals surface area contributed by atoms with E-state index in [0.717, 1.165) is 38.5 Å². The quantitative estimate of drug-likeness (QED) is 0.773. The zero-order valence-corrected chi connectivity index (χ0v) is 11.5. The van der Waals surface area contributed by atoms with Gasteiger partial charge in [0, 0.05) is 24.7 Å². The maximum atomic E-state index is 6.15. The average molecular weight is 240 g/mol. The first kappa shape index (κ1) is 13.3. The molecule has 100 valence electrons. The monoisotopic (exact) mass is 240 g/mol. The third-order valence-electron chi connectivity index (χ3n) is 4.43. The molecule has 2 aliphatic rings. The summed E-state index contributed by atoms with van der Waals surface area (Å²) in [6.45, 7) is 7.39. The van der Waals surface area contributed by atoms with E-state index < -0.39 is 0 Å². The summed E-state index contributed by atoms with van der Waals surface area (Å²) in [5.41, 5.74) is 6.39. The highest BCUT2D eigenvalue weighted by molar-refractivity contribution is 5.01. The Balaban J connectivity index is 2.09. The van der Waals surface area contributed by atoms with Crippen LogP contribution in [0.4, 0.5) is 0 Å². The Morgan fingerprint density at radius 1 is 1.35 bits per heavy atom. The van der Waals surface area contributed by atoms with E-state index in [-0.39, 0.29) is 5.54 Å². The van der Waals surface area contributed by atoms with E-state index in [1.54, 1.807) is 0 Å². The van der Waals surface area contributed by atoms with Crippen molar-refractivity contribution in [3.63, 3.8) is 0 Å². The molecule has 1 saturated heterocycles. The van der Waals surface area contributed by atoms with E-state index in [4.69, 9.17) is 10.5 Å². The molecular weight excluding hydrogens is 212 g/mol. The molecule has 0 amide bonds. The molecule has 2 fully saturated rings. The van der Waals surface area contributed by atoms with Gasteiger partial charge in [0.1, 0.15) is 0 Å². The van der Waals surface area contributed by atoms with Crippen LogP contribution in [-0.4, -0.2) is 42.3 Å². The van der Waals surface area contributed by atoms with Gasteiger partial charge >= 0.3 is 0 Å². The second-order valence-electron chi connectivity index (χ2n) is 5.71. The van der Waals surface area contributed by atoms with E-state index >= 15 is 0 Å². The van der Waals surface area contributed by atoms with Crippen LogP contribution in [0, 0.1) is 0 Å². The molecule has 1 saturated carbocycles. The molecule has 2 atom stereocenters. The number of rotatable bonds is 6.